The number of rotatable bonds is 7. The van der Waals surface area contributed by atoms with Gasteiger partial charge in [0.1, 0.15) is 11.0 Å². The quantitative estimate of drug-likeness (QED) is 0.539. The van der Waals surface area contributed by atoms with E-state index in [9.17, 15) is 13.8 Å². The van der Waals surface area contributed by atoms with E-state index >= 15 is 0 Å². The molecule has 0 radical (unpaired) electrons. The maximum atomic E-state index is 13.1. The second-order valence-electron chi connectivity index (χ2n) is 9.43. The van der Waals surface area contributed by atoms with E-state index in [0.717, 1.165) is 35.1 Å². The first-order chi connectivity index (χ1) is 16.4. The molecule has 0 spiro atoms. The zero-order chi connectivity index (χ0) is 26.2. The average molecular weight is 524 g/mol. The topological polar surface area (TPSA) is 104 Å². The van der Waals surface area contributed by atoms with Crippen LogP contribution in [0.4, 0.5) is 10.8 Å². The second kappa shape index (κ2) is 13.1. The molecule has 2 amide bonds. The van der Waals surface area contributed by atoms with Crippen LogP contribution in [-0.2, 0) is 25.3 Å². The van der Waals surface area contributed by atoms with Gasteiger partial charge in [-0.25, -0.2) is 13.9 Å². The van der Waals surface area contributed by atoms with Gasteiger partial charge in [-0.15, -0.1) is 0 Å². The minimum absolute atomic E-state index is 0.183. The summed E-state index contributed by atoms with van der Waals surface area (Å²) in [7, 11) is 0.226. The third kappa shape index (κ3) is 9.32. The summed E-state index contributed by atoms with van der Waals surface area (Å²) in [4.78, 5) is 32.3. The summed E-state index contributed by atoms with van der Waals surface area (Å²) in [5.74, 6) is -0.183. The Labute approximate surface area is 214 Å². The fourth-order valence-corrected chi connectivity index (χ4v) is 5.40. The van der Waals surface area contributed by atoms with Gasteiger partial charge in [-0.3, -0.25) is 9.59 Å². The molecule has 1 unspecified atom stereocenters. The number of nitrogens with one attached hydrogen (secondary N) is 2. The summed E-state index contributed by atoms with van der Waals surface area (Å²) in [6.07, 6.45) is 3.05. The number of hydrogen-bond donors (Lipinski definition) is 2. The normalized spacial score (nSPS) is 14.9. The van der Waals surface area contributed by atoms with Gasteiger partial charge >= 0.3 is 0 Å². The molecule has 1 aromatic carbocycles. The Balaban J connectivity index is 0.000000784. The Hall–Kier alpha value is -2.34. The van der Waals surface area contributed by atoms with E-state index in [-0.39, 0.29) is 11.4 Å². The zero-order valence-electron chi connectivity index (χ0n) is 21.6. The number of piperazine rings is 1. The zero-order valence-corrected chi connectivity index (χ0v) is 23.2. The van der Waals surface area contributed by atoms with E-state index in [1.165, 1.54) is 18.3 Å². The van der Waals surface area contributed by atoms with Gasteiger partial charge in [0, 0.05) is 63.2 Å². The van der Waals surface area contributed by atoms with Crippen molar-refractivity contribution in [3.63, 3.8) is 0 Å². The molecule has 2 N–H and O–H groups in total. The van der Waals surface area contributed by atoms with E-state index < -0.39 is 11.0 Å². The first kappa shape index (κ1) is 28.9. The van der Waals surface area contributed by atoms with Crippen molar-refractivity contribution >= 4 is 45.5 Å². The number of carbonyl (C=O) groups excluding carboxylic acids is 2. The molecule has 11 heteroatoms. The van der Waals surface area contributed by atoms with Crippen LogP contribution in [0.5, 0.6) is 0 Å². The highest BCUT2D eigenvalue weighted by molar-refractivity contribution is 7.83. The molecule has 1 aliphatic rings. The van der Waals surface area contributed by atoms with Crippen LogP contribution in [0.2, 0.25) is 0 Å². The molecule has 3 rings (SSSR count). The Morgan fingerprint density at radius 2 is 1.86 bits per heavy atom. The lowest BCUT2D eigenvalue weighted by molar-refractivity contribution is -0.118. The Bertz CT molecular complexity index is 1010. The standard InChI is InChI=1S/C20H27N5O3S2.C4H10O/c1-14(27)22-15-5-6-16(18(11-15)30(28)23-20(2,3)4)17-12-21-19(29-17)25-9-7-24(13-26)8-10-25;1-4(2)5-3/h5-6,11-13,23H,7-10H2,1-4H3,(H,22,27);4H,1-3H3. The van der Waals surface area contributed by atoms with Crippen molar-refractivity contribution in [3.8, 4) is 10.4 Å². The summed E-state index contributed by atoms with van der Waals surface area (Å²) in [6, 6.07) is 5.41. The molecule has 194 valence electrons. The van der Waals surface area contributed by atoms with Crippen LogP contribution in [-0.4, -0.2) is 71.3 Å². The molecule has 1 fully saturated rings. The maximum Gasteiger partial charge on any atom is 0.221 e. The number of amides is 2. The highest BCUT2D eigenvalue weighted by atomic mass is 32.2. The lowest BCUT2D eigenvalue weighted by Gasteiger charge is -2.32. The number of hydrogen-bond acceptors (Lipinski definition) is 7. The van der Waals surface area contributed by atoms with Crippen molar-refractivity contribution in [3.05, 3.63) is 24.4 Å². The molecule has 2 heterocycles. The van der Waals surface area contributed by atoms with Crippen molar-refractivity contribution in [2.45, 2.75) is 58.1 Å². The van der Waals surface area contributed by atoms with Gasteiger partial charge in [-0.1, -0.05) is 17.4 Å². The number of ether oxygens (including phenoxy) is 1. The van der Waals surface area contributed by atoms with Crippen molar-refractivity contribution in [1.29, 1.82) is 0 Å². The fraction of sp³-hybridized carbons (Fsp3) is 0.542. The molecule has 9 nitrogen and oxygen atoms in total. The van der Waals surface area contributed by atoms with Gasteiger partial charge in [-0.2, -0.15) is 0 Å². The number of benzene rings is 1. The molecule has 0 aliphatic carbocycles. The highest BCUT2D eigenvalue weighted by Gasteiger charge is 2.22. The molecule has 0 saturated carbocycles. The number of nitrogens with zero attached hydrogens (tertiary/aromatic N) is 3. The third-order valence-electron chi connectivity index (χ3n) is 4.86. The van der Waals surface area contributed by atoms with E-state index in [0.29, 0.717) is 29.8 Å². The van der Waals surface area contributed by atoms with E-state index in [1.54, 1.807) is 30.3 Å². The Morgan fingerprint density at radius 1 is 1.23 bits per heavy atom. The molecule has 1 aromatic heterocycles. The van der Waals surface area contributed by atoms with Crippen LogP contribution in [0.15, 0.2) is 29.3 Å². The van der Waals surface area contributed by atoms with Crippen molar-refractivity contribution in [1.82, 2.24) is 14.6 Å². The van der Waals surface area contributed by atoms with Gasteiger partial charge < -0.3 is 19.9 Å². The molecule has 0 bridgehead atoms. The summed E-state index contributed by atoms with van der Waals surface area (Å²) in [5, 5.41) is 3.63. The molecular weight excluding hydrogens is 486 g/mol. The molecule has 2 aromatic rings. The number of anilines is 2. The van der Waals surface area contributed by atoms with Crippen LogP contribution in [0.1, 0.15) is 41.5 Å². The third-order valence-corrected chi connectivity index (χ3v) is 7.49. The van der Waals surface area contributed by atoms with Gasteiger partial charge in [0.15, 0.2) is 5.13 Å². The number of aromatic nitrogens is 1. The lowest BCUT2D eigenvalue weighted by atomic mass is 10.1. The van der Waals surface area contributed by atoms with Gasteiger partial charge in [0.25, 0.3) is 0 Å². The van der Waals surface area contributed by atoms with Gasteiger partial charge in [0.05, 0.1) is 15.9 Å². The first-order valence-corrected chi connectivity index (χ1v) is 13.4. The van der Waals surface area contributed by atoms with E-state index in [4.69, 9.17) is 4.74 Å². The van der Waals surface area contributed by atoms with Crippen LogP contribution < -0.4 is 14.9 Å². The molecule has 35 heavy (non-hydrogen) atoms. The Kier molecular flexibility index (Phi) is 10.8. The van der Waals surface area contributed by atoms with Crippen molar-refractivity contribution < 1.29 is 18.5 Å². The van der Waals surface area contributed by atoms with Crippen LogP contribution >= 0.6 is 11.3 Å². The summed E-state index contributed by atoms with van der Waals surface area (Å²) in [6.45, 7) is 14.1. The Morgan fingerprint density at radius 3 is 2.37 bits per heavy atom. The molecule has 1 atom stereocenters. The van der Waals surface area contributed by atoms with E-state index in [1.807, 2.05) is 40.7 Å². The lowest BCUT2D eigenvalue weighted by Crippen LogP contribution is -2.45. The minimum Gasteiger partial charge on any atom is -0.382 e. The predicted molar refractivity (Wildman–Crippen MR) is 143 cm³/mol. The number of methoxy groups -OCH3 is 1. The predicted octanol–water partition coefficient (Wildman–Crippen LogP) is 3.50. The second-order valence-corrected chi connectivity index (χ2v) is 11.6. The highest BCUT2D eigenvalue weighted by Crippen LogP contribution is 2.36. The van der Waals surface area contributed by atoms with Crippen molar-refractivity contribution in [2.24, 2.45) is 0 Å². The van der Waals surface area contributed by atoms with Crippen LogP contribution in [0.3, 0.4) is 0 Å². The maximum absolute atomic E-state index is 13.1. The van der Waals surface area contributed by atoms with Gasteiger partial charge in [-0.05, 0) is 46.8 Å². The minimum atomic E-state index is -1.47. The van der Waals surface area contributed by atoms with Crippen molar-refractivity contribution in [2.75, 3.05) is 43.5 Å². The first-order valence-electron chi connectivity index (χ1n) is 11.5. The van der Waals surface area contributed by atoms with Crippen LogP contribution in [0, 0.1) is 0 Å². The number of thiazole rings is 1. The molecule has 1 saturated heterocycles. The number of carbonyl (C=O) groups is 2. The molecular formula is C24H37N5O4S2. The van der Waals surface area contributed by atoms with E-state index in [2.05, 4.69) is 19.9 Å². The summed E-state index contributed by atoms with van der Waals surface area (Å²) >= 11 is 1.53. The smallest absolute Gasteiger partial charge is 0.221 e. The van der Waals surface area contributed by atoms with Gasteiger partial charge in [0.2, 0.25) is 12.3 Å². The largest absolute Gasteiger partial charge is 0.382 e. The fourth-order valence-electron chi connectivity index (χ4n) is 3.05. The summed E-state index contributed by atoms with van der Waals surface area (Å²) < 4.78 is 20.9. The average Bonchev–Trinajstić information content (AvgIpc) is 3.28. The summed E-state index contributed by atoms with van der Waals surface area (Å²) in [5.41, 5.74) is 1.07. The molecule has 1 aliphatic heterocycles. The monoisotopic (exact) mass is 523 g/mol. The van der Waals surface area contributed by atoms with Crippen LogP contribution in [0.25, 0.3) is 10.4 Å². The SMILES string of the molecule is CC(=O)Nc1ccc(-c2cnc(N3CCN(C=O)CC3)s2)c(S(=O)NC(C)(C)C)c1.COC(C)C.